The van der Waals surface area contributed by atoms with Gasteiger partial charge in [-0.25, -0.2) is 0 Å². The lowest BCUT2D eigenvalue weighted by atomic mass is 10.2. The lowest BCUT2D eigenvalue weighted by Crippen LogP contribution is -2.18. The van der Waals surface area contributed by atoms with Gasteiger partial charge < -0.3 is 4.90 Å². The van der Waals surface area contributed by atoms with Crippen LogP contribution in [0, 0.1) is 5.92 Å². The van der Waals surface area contributed by atoms with Crippen molar-refractivity contribution in [2.45, 2.75) is 13.3 Å². The summed E-state index contributed by atoms with van der Waals surface area (Å²) in [7, 11) is 0. The van der Waals surface area contributed by atoms with Crippen LogP contribution in [-0.4, -0.2) is 13.1 Å². The number of halogens is 1. The van der Waals surface area contributed by atoms with Crippen LogP contribution in [0.4, 0.5) is 5.69 Å². The fraction of sp³-hybridized carbons (Fsp3) is 0.455. The highest BCUT2D eigenvalue weighted by Crippen LogP contribution is 2.24. The van der Waals surface area contributed by atoms with E-state index in [4.69, 9.17) is 11.6 Å². The molecule has 1 fully saturated rings. The quantitative estimate of drug-likeness (QED) is 0.666. The van der Waals surface area contributed by atoms with E-state index < -0.39 is 0 Å². The predicted octanol–water partition coefficient (Wildman–Crippen LogP) is 3.19. The van der Waals surface area contributed by atoms with Crippen molar-refractivity contribution in [3.63, 3.8) is 0 Å². The van der Waals surface area contributed by atoms with Gasteiger partial charge in [0.1, 0.15) is 0 Å². The molecule has 1 saturated heterocycles. The molecule has 1 unspecified atom stereocenters. The summed E-state index contributed by atoms with van der Waals surface area (Å²) >= 11 is 5.83. The van der Waals surface area contributed by atoms with Crippen molar-refractivity contribution in [3.05, 3.63) is 29.3 Å². The van der Waals surface area contributed by atoms with Gasteiger partial charge in [0.2, 0.25) is 0 Å². The molecule has 0 bridgehead atoms. The fourth-order valence-corrected chi connectivity index (χ4v) is 1.95. The van der Waals surface area contributed by atoms with Crippen LogP contribution in [-0.2, 0) is 0 Å². The molecule has 0 saturated carbocycles. The smallest absolute Gasteiger partial charge is 0.0407 e. The van der Waals surface area contributed by atoms with Crippen LogP contribution in [0.2, 0.25) is 5.02 Å². The molecule has 0 amide bonds. The molecule has 0 aromatic heterocycles. The average Bonchev–Trinajstić information content (AvgIpc) is 2.53. The zero-order chi connectivity index (χ0) is 9.26. The first-order chi connectivity index (χ1) is 6.25. The van der Waals surface area contributed by atoms with Gasteiger partial charge in [-0.15, -0.1) is 0 Å². The lowest BCUT2D eigenvalue weighted by Gasteiger charge is -2.17. The molecule has 1 aromatic carbocycles. The van der Waals surface area contributed by atoms with Crippen molar-refractivity contribution in [1.29, 1.82) is 0 Å². The SMILES string of the molecule is CC1CCN(c2ccc(Cl)cc2)C1. The Labute approximate surface area is 84.3 Å². The van der Waals surface area contributed by atoms with Gasteiger partial charge in [-0.1, -0.05) is 18.5 Å². The zero-order valence-corrected chi connectivity index (χ0v) is 8.59. The van der Waals surface area contributed by atoms with E-state index >= 15 is 0 Å². The minimum absolute atomic E-state index is 0.816. The number of rotatable bonds is 1. The Morgan fingerprint density at radius 3 is 2.54 bits per heavy atom. The second kappa shape index (κ2) is 3.59. The van der Waals surface area contributed by atoms with Gasteiger partial charge >= 0.3 is 0 Å². The highest BCUT2D eigenvalue weighted by Gasteiger charge is 2.18. The molecule has 0 aliphatic carbocycles. The molecule has 70 valence electrons. The zero-order valence-electron chi connectivity index (χ0n) is 7.83. The Kier molecular flexibility index (Phi) is 2.45. The van der Waals surface area contributed by atoms with Crippen molar-refractivity contribution >= 4 is 17.3 Å². The van der Waals surface area contributed by atoms with E-state index in [0.29, 0.717) is 0 Å². The van der Waals surface area contributed by atoms with Gasteiger partial charge in [0.25, 0.3) is 0 Å². The predicted molar refractivity (Wildman–Crippen MR) is 57.4 cm³/mol. The van der Waals surface area contributed by atoms with Gasteiger partial charge in [-0.2, -0.15) is 0 Å². The van der Waals surface area contributed by atoms with Gasteiger partial charge in [0.15, 0.2) is 0 Å². The first-order valence-electron chi connectivity index (χ1n) is 4.76. The molecule has 2 rings (SSSR count). The number of anilines is 1. The fourth-order valence-electron chi connectivity index (χ4n) is 1.82. The number of hydrogen-bond donors (Lipinski definition) is 0. The topological polar surface area (TPSA) is 3.24 Å². The number of hydrogen-bond acceptors (Lipinski definition) is 1. The lowest BCUT2D eigenvalue weighted by molar-refractivity contribution is 0.659. The largest absolute Gasteiger partial charge is 0.371 e. The third kappa shape index (κ3) is 1.97. The van der Waals surface area contributed by atoms with Crippen molar-refractivity contribution < 1.29 is 0 Å². The summed E-state index contributed by atoms with van der Waals surface area (Å²) in [6, 6.07) is 8.11. The van der Waals surface area contributed by atoms with E-state index in [9.17, 15) is 0 Å². The highest BCUT2D eigenvalue weighted by atomic mass is 35.5. The Hall–Kier alpha value is -0.690. The molecule has 0 spiro atoms. The van der Waals surface area contributed by atoms with Gasteiger partial charge in [-0.05, 0) is 36.6 Å². The van der Waals surface area contributed by atoms with E-state index in [1.54, 1.807) is 0 Å². The second-order valence-electron chi connectivity index (χ2n) is 3.82. The van der Waals surface area contributed by atoms with E-state index in [1.807, 2.05) is 12.1 Å². The molecular formula is C11H14ClN. The molecule has 1 aliphatic heterocycles. The molecule has 1 aliphatic rings. The standard InChI is InChI=1S/C11H14ClN/c1-9-6-7-13(8-9)11-4-2-10(12)3-5-11/h2-5,9H,6-8H2,1H3. The normalized spacial score (nSPS) is 22.3. The average molecular weight is 196 g/mol. The van der Waals surface area contributed by atoms with Crippen molar-refractivity contribution in [1.82, 2.24) is 0 Å². The van der Waals surface area contributed by atoms with Gasteiger partial charge in [0, 0.05) is 23.8 Å². The van der Waals surface area contributed by atoms with E-state index in [0.717, 1.165) is 10.9 Å². The van der Waals surface area contributed by atoms with Gasteiger partial charge in [-0.3, -0.25) is 0 Å². The molecule has 1 atom stereocenters. The van der Waals surface area contributed by atoms with E-state index in [1.165, 1.54) is 25.2 Å². The highest BCUT2D eigenvalue weighted by molar-refractivity contribution is 6.30. The van der Waals surface area contributed by atoms with Crippen molar-refractivity contribution in [2.24, 2.45) is 5.92 Å². The van der Waals surface area contributed by atoms with Gasteiger partial charge in [0.05, 0.1) is 0 Å². The maximum absolute atomic E-state index is 5.83. The maximum atomic E-state index is 5.83. The minimum atomic E-state index is 0.816. The van der Waals surface area contributed by atoms with Crippen LogP contribution >= 0.6 is 11.6 Å². The Morgan fingerprint density at radius 2 is 2.00 bits per heavy atom. The summed E-state index contributed by atoms with van der Waals surface area (Å²) < 4.78 is 0. The summed E-state index contributed by atoms with van der Waals surface area (Å²) in [6.45, 7) is 4.67. The van der Waals surface area contributed by atoms with Crippen LogP contribution in [0.15, 0.2) is 24.3 Å². The summed E-state index contributed by atoms with van der Waals surface area (Å²) in [5, 5.41) is 0.816. The Balaban J connectivity index is 2.13. The van der Waals surface area contributed by atoms with Crippen LogP contribution in [0.25, 0.3) is 0 Å². The van der Waals surface area contributed by atoms with E-state index in [-0.39, 0.29) is 0 Å². The van der Waals surface area contributed by atoms with E-state index in [2.05, 4.69) is 24.0 Å². The van der Waals surface area contributed by atoms with Crippen LogP contribution in [0.3, 0.4) is 0 Å². The molecule has 0 radical (unpaired) electrons. The number of benzene rings is 1. The monoisotopic (exact) mass is 195 g/mol. The summed E-state index contributed by atoms with van der Waals surface area (Å²) in [4.78, 5) is 2.42. The number of nitrogens with zero attached hydrogens (tertiary/aromatic N) is 1. The Morgan fingerprint density at radius 1 is 1.31 bits per heavy atom. The second-order valence-corrected chi connectivity index (χ2v) is 4.25. The maximum Gasteiger partial charge on any atom is 0.0407 e. The first-order valence-corrected chi connectivity index (χ1v) is 5.14. The minimum Gasteiger partial charge on any atom is -0.371 e. The third-order valence-electron chi connectivity index (χ3n) is 2.62. The molecule has 1 nitrogen and oxygen atoms in total. The van der Waals surface area contributed by atoms with Crippen LogP contribution in [0.1, 0.15) is 13.3 Å². The molecule has 1 heterocycles. The van der Waals surface area contributed by atoms with Crippen molar-refractivity contribution in [2.75, 3.05) is 18.0 Å². The molecular weight excluding hydrogens is 182 g/mol. The molecule has 1 aromatic rings. The molecule has 13 heavy (non-hydrogen) atoms. The molecule has 0 N–H and O–H groups in total. The van der Waals surface area contributed by atoms with Crippen LogP contribution in [0.5, 0.6) is 0 Å². The van der Waals surface area contributed by atoms with Crippen LogP contribution < -0.4 is 4.90 Å². The summed E-state index contributed by atoms with van der Waals surface area (Å²) in [6.07, 6.45) is 1.31. The third-order valence-corrected chi connectivity index (χ3v) is 2.87. The summed E-state index contributed by atoms with van der Waals surface area (Å²) in [5.41, 5.74) is 1.30. The van der Waals surface area contributed by atoms with Crippen molar-refractivity contribution in [3.8, 4) is 0 Å². The Bertz CT molecular complexity index is 281. The molecule has 2 heteroatoms. The first kappa shape index (κ1) is 8.89. The summed E-state index contributed by atoms with van der Waals surface area (Å²) in [5.74, 6) is 0.829.